The molecule has 6 heteroatoms. The lowest BCUT2D eigenvalue weighted by molar-refractivity contribution is 0.468. The Morgan fingerprint density at radius 2 is 2.00 bits per heavy atom. The highest BCUT2D eigenvalue weighted by Gasteiger charge is 2.20. The van der Waals surface area contributed by atoms with Crippen LogP contribution in [0, 0.1) is 0 Å². The number of nitrogens with one attached hydrogen (secondary N) is 1. The molecule has 1 aromatic carbocycles. The number of nitrogens with zero attached hydrogens (tertiary/aromatic N) is 1. The fourth-order valence-corrected chi connectivity index (χ4v) is 3.36. The average Bonchev–Trinajstić information content (AvgIpc) is 2.37. The molecule has 20 heavy (non-hydrogen) atoms. The number of sulfonamides is 1. The first-order valence-electron chi connectivity index (χ1n) is 6.77. The zero-order chi connectivity index (χ0) is 15.3. The van der Waals surface area contributed by atoms with Crippen LogP contribution < -0.4 is 5.32 Å². The van der Waals surface area contributed by atoms with E-state index in [1.54, 1.807) is 19.2 Å². The molecule has 0 aliphatic heterocycles. The summed E-state index contributed by atoms with van der Waals surface area (Å²) in [6, 6.07) is 5.26. The Balaban J connectivity index is 2.97. The van der Waals surface area contributed by atoms with Gasteiger partial charge in [-0.2, -0.15) is 0 Å². The topological polar surface area (TPSA) is 49.4 Å². The van der Waals surface area contributed by atoms with Crippen LogP contribution in [-0.4, -0.2) is 32.4 Å². The van der Waals surface area contributed by atoms with Crippen LogP contribution >= 0.6 is 11.6 Å². The van der Waals surface area contributed by atoms with Crippen molar-refractivity contribution in [3.8, 4) is 0 Å². The van der Waals surface area contributed by atoms with Gasteiger partial charge in [0.15, 0.2) is 0 Å². The van der Waals surface area contributed by atoms with Gasteiger partial charge in [-0.05, 0) is 24.1 Å². The van der Waals surface area contributed by atoms with Gasteiger partial charge >= 0.3 is 0 Å². The monoisotopic (exact) mass is 318 g/mol. The van der Waals surface area contributed by atoms with Gasteiger partial charge in [0, 0.05) is 31.2 Å². The van der Waals surface area contributed by atoms with Crippen molar-refractivity contribution in [2.24, 2.45) is 0 Å². The van der Waals surface area contributed by atoms with E-state index in [0.29, 0.717) is 24.2 Å². The smallest absolute Gasteiger partial charge is 0.242 e. The van der Waals surface area contributed by atoms with E-state index in [-0.39, 0.29) is 4.90 Å². The molecule has 0 fully saturated rings. The summed E-state index contributed by atoms with van der Waals surface area (Å²) < 4.78 is 26.0. The molecule has 0 saturated carbocycles. The van der Waals surface area contributed by atoms with Gasteiger partial charge < -0.3 is 5.32 Å². The van der Waals surface area contributed by atoms with E-state index >= 15 is 0 Å². The Kier molecular flexibility index (Phi) is 6.45. The summed E-state index contributed by atoms with van der Waals surface area (Å²) in [5.74, 6) is 0. The first-order chi connectivity index (χ1) is 9.28. The number of hydrogen-bond acceptors (Lipinski definition) is 3. The first-order valence-corrected chi connectivity index (χ1v) is 8.59. The minimum atomic E-state index is -3.44. The second-order valence-electron chi connectivity index (χ2n) is 5.12. The van der Waals surface area contributed by atoms with Gasteiger partial charge in [-0.1, -0.05) is 38.4 Å². The van der Waals surface area contributed by atoms with Crippen LogP contribution in [0.5, 0.6) is 0 Å². The maximum Gasteiger partial charge on any atom is 0.242 e. The van der Waals surface area contributed by atoms with Crippen LogP contribution in [0.15, 0.2) is 23.1 Å². The third-order valence-corrected chi connectivity index (χ3v) is 5.18. The molecule has 1 rings (SSSR count). The van der Waals surface area contributed by atoms with E-state index in [4.69, 9.17) is 11.6 Å². The molecule has 4 nitrogen and oxygen atoms in total. The summed E-state index contributed by atoms with van der Waals surface area (Å²) in [5.41, 5.74) is 0.900. The lowest BCUT2D eigenvalue weighted by Crippen LogP contribution is -2.27. The summed E-state index contributed by atoms with van der Waals surface area (Å²) in [7, 11) is -1.86. The Hall–Kier alpha value is -0.620. The molecular formula is C14H23ClN2O2S. The highest BCUT2D eigenvalue weighted by Crippen LogP contribution is 2.23. The zero-order valence-electron chi connectivity index (χ0n) is 12.5. The van der Waals surface area contributed by atoms with Crippen molar-refractivity contribution in [3.05, 3.63) is 28.8 Å². The largest absolute Gasteiger partial charge is 0.310 e. The quantitative estimate of drug-likeness (QED) is 0.841. The summed E-state index contributed by atoms with van der Waals surface area (Å²) in [6.45, 7) is 7.16. The molecule has 0 heterocycles. The van der Waals surface area contributed by atoms with Gasteiger partial charge in [0.1, 0.15) is 0 Å². The fraction of sp³-hybridized carbons (Fsp3) is 0.571. The van der Waals surface area contributed by atoms with Crippen LogP contribution in [-0.2, 0) is 16.6 Å². The first kappa shape index (κ1) is 17.4. The molecule has 0 saturated heterocycles. The minimum absolute atomic E-state index is 0.242. The number of rotatable bonds is 7. The molecule has 1 N–H and O–H groups in total. The molecule has 0 unspecified atom stereocenters. The van der Waals surface area contributed by atoms with E-state index in [0.717, 1.165) is 12.0 Å². The second-order valence-corrected chi connectivity index (χ2v) is 7.57. The van der Waals surface area contributed by atoms with Crippen molar-refractivity contribution in [2.45, 2.75) is 44.7 Å². The minimum Gasteiger partial charge on any atom is -0.310 e. The Morgan fingerprint density at radius 1 is 1.35 bits per heavy atom. The van der Waals surface area contributed by atoms with Gasteiger partial charge in [0.05, 0.1) is 4.90 Å². The van der Waals surface area contributed by atoms with Crippen LogP contribution in [0.4, 0.5) is 0 Å². The van der Waals surface area contributed by atoms with Crippen LogP contribution in [0.1, 0.15) is 32.8 Å². The van der Waals surface area contributed by atoms with Crippen LogP contribution in [0.2, 0.25) is 5.02 Å². The average molecular weight is 319 g/mol. The Morgan fingerprint density at radius 3 is 2.50 bits per heavy atom. The molecule has 0 atom stereocenters. The maximum atomic E-state index is 12.3. The third-order valence-electron chi connectivity index (χ3n) is 2.97. The highest BCUT2D eigenvalue weighted by molar-refractivity contribution is 7.89. The molecule has 0 aliphatic rings. The normalized spacial score (nSPS) is 12.3. The van der Waals surface area contributed by atoms with Crippen molar-refractivity contribution in [3.63, 3.8) is 0 Å². The van der Waals surface area contributed by atoms with Crippen molar-refractivity contribution in [1.82, 2.24) is 9.62 Å². The van der Waals surface area contributed by atoms with Gasteiger partial charge in [0.2, 0.25) is 10.0 Å². The molecule has 0 bridgehead atoms. The standard InChI is InChI=1S/C14H23ClN2O2S/c1-5-8-17(4)20(18,19)13-7-6-12(14(15)9-13)10-16-11(2)3/h6-7,9,11,16H,5,8,10H2,1-4H3. The summed E-state index contributed by atoms with van der Waals surface area (Å²) in [4.78, 5) is 0.242. The van der Waals surface area contributed by atoms with Crippen LogP contribution in [0.3, 0.4) is 0 Å². The molecule has 0 aliphatic carbocycles. The zero-order valence-corrected chi connectivity index (χ0v) is 14.1. The van der Waals surface area contributed by atoms with Crippen LogP contribution in [0.25, 0.3) is 0 Å². The van der Waals surface area contributed by atoms with Crippen molar-refractivity contribution < 1.29 is 8.42 Å². The van der Waals surface area contributed by atoms with Gasteiger partial charge in [-0.15, -0.1) is 0 Å². The van der Waals surface area contributed by atoms with E-state index in [1.807, 2.05) is 20.8 Å². The molecule has 0 spiro atoms. The summed E-state index contributed by atoms with van der Waals surface area (Å²) in [6.07, 6.45) is 0.778. The molecule has 0 radical (unpaired) electrons. The van der Waals surface area contributed by atoms with E-state index in [1.165, 1.54) is 10.4 Å². The number of hydrogen-bond donors (Lipinski definition) is 1. The highest BCUT2D eigenvalue weighted by atomic mass is 35.5. The van der Waals surface area contributed by atoms with Gasteiger partial charge in [-0.3, -0.25) is 0 Å². The lowest BCUT2D eigenvalue weighted by Gasteiger charge is -2.17. The van der Waals surface area contributed by atoms with Crippen molar-refractivity contribution in [1.29, 1.82) is 0 Å². The molecule has 1 aromatic rings. The van der Waals surface area contributed by atoms with Gasteiger partial charge in [0.25, 0.3) is 0 Å². The molecule has 0 aromatic heterocycles. The van der Waals surface area contributed by atoms with Gasteiger partial charge in [-0.25, -0.2) is 12.7 Å². The van der Waals surface area contributed by atoms with E-state index in [9.17, 15) is 8.42 Å². The number of halogens is 1. The predicted octanol–water partition coefficient (Wildman–Crippen LogP) is 2.87. The lowest BCUT2D eigenvalue weighted by atomic mass is 10.2. The fourth-order valence-electron chi connectivity index (χ4n) is 1.76. The molecular weight excluding hydrogens is 296 g/mol. The third kappa shape index (κ3) is 4.45. The maximum absolute atomic E-state index is 12.3. The predicted molar refractivity (Wildman–Crippen MR) is 83.5 cm³/mol. The van der Waals surface area contributed by atoms with Crippen molar-refractivity contribution in [2.75, 3.05) is 13.6 Å². The molecule has 0 amide bonds. The van der Waals surface area contributed by atoms with E-state index < -0.39 is 10.0 Å². The molecule has 114 valence electrons. The second kappa shape index (κ2) is 7.41. The SMILES string of the molecule is CCCN(C)S(=O)(=O)c1ccc(CNC(C)C)c(Cl)c1. The van der Waals surface area contributed by atoms with E-state index in [2.05, 4.69) is 5.32 Å². The van der Waals surface area contributed by atoms with Crippen molar-refractivity contribution >= 4 is 21.6 Å². The summed E-state index contributed by atoms with van der Waals surface area (Å²) in [5, 5.41) is 3.74. The summed E-state index contributed by atoms with van der Waals surface area (Å²) >= 11 is 6.18. The number of benzene rings is 1. The Bertz CT molecular complexity index is 544. The Labute approximate surface area is 127 Å².